The van der Waals surface area contributed by atoms with Gasteiger partial charge in [0.05, 0.1) is 11.9 Å². The molecule has 16 heavy (non-hydrogen) atoms. The van der Waals surface area contributed by atoms with E-state index >= 15 is 0 Å². The fraction of sp³-hybridized carbons (Fsp3) is 0.500. The van der Waals surface area contributed by atoms with E-state index in [0.29, 0.717) is 4.99 Å². The van der Waals surface area contributed by atoms with Gasteiger partial charge in [0.2, 0.25) is 0 Å². The Balaban J connectivity index is 3.01. The Bertz CT molecular complexity index is 372. The smallest absolute Gasteiger partial charge is 0.106 e. The Labute approximate surface area is 102 Å². The molecule has 3 N–H and O–H groups in total. The maximum absolute atomic E-state index is 5.68. The summed E-state index contributed by atoms with van der Waals surface area (Å²) in [4.78, 5) is 4.51. The molecule has 0 bridgehead atoms. The molecule has 0 spiro atoms. The molecule has 0 amide bonds. The van der Waals surface area contributed by atoms with E-state index in [1.54, 1.807) is 12.4 Å². The quantitative estimate of drug-likeness (QED) is 0.773. The van der Waals surface area contributed by atoms with Crippen LogP contribution in [0.15, 0.2) is 18.5 Å². The predicted octanol–water partition coefficient (Wildman–Crippen LogP) is 2.71. The van der Waals surface area contributed by atoms with Crippen LogP contribution in [0.5, 0.6) is 0 Å². The van der Waals surface area contributed by atoms with Crippen molar-refractivity contribution in [3.05, 3.63) is 24.0 Å². The van der Waals surface area contributed by atoms with Gasteiger partial charge < -0.3 is 11.1 Å². The van der Waals surface area contributed by atoms with Crippen LogP contribution in [-0.2, 0) is 0 Å². The SMILES string of the molecule is CCC(C)(CC)Nc1cnccc1C(N)=S. The summed E-state index contributed by atoms with van der Waals surface area (Å²) in [6.07, 6.45) is 5.55. The molecular formula is C12H19N3S. The molecule has 1 aromatic heterocycles. The zero-order chi connectivity index (χ0) is 12.2. The Morgan fingerprint density at radius 3 is 2.62 bits per heavy atom. The van der Waals surface area contributed by atoms with Gasteiger partial charge in [0, 0.05) is 17.3 Å². The minimum absolute atomic E-state index is 0.0581. The van der Waals surface area contributed by atoms with Crippen molar-refractivity contribution < 1.29 is 0 Å². The van der Waals surface area contributed by atoms with Gasteiger partial charge in [-0.1, -0.05) is 26.1 Å². The van der Waals surface area contributed by atoms with Gasteiger partial charge in [-0.05, 0) is 25.8 Å². The van der Waals surface area contributed by atoms with Crippen LogP contribution >= 0.6 is 12.2 Å². The summed E-state index contributed by atoms with van der Waals surface area (Å²) in [7, 11) is 0. The summed E-state index contributed by atoms with van der Waals surface area (Å²) in [6, 6.07) is 1.84. The van der Waals surface area contributed by atoms with E-state index in [0.717, 1.165) is 24.1 Å². The number of anilines is 1. The third-order valence-corrected chi connectivity index (χ3v) is 3.30. The van der Waals surface area contributed by atoms with Crippen molar-refractivity contribution >= 4 is 22.9 Å². The van der Waals surface area contributed by atoms with Gasteiger partial charge in [0.15, 0.2) is 0 Å². The van der Waals surface area contributed by atoms with Gasteiger partial charge in [-0.25, -0.2) is 0 Å². The van der Waals surface area contributed by atoms with E-state index in [4.69, 9.17) is 18.0 Å². The number of hydrogen-bond donors (Lipinski definition) is 2. The molecule has 0 aliphatic rings. The average Bonchev–Trinajstić information content (AvgIpc) is 2.29. The molecule has 1 aromatic rings. The van der Waals surface area contributed by atoms with Crippen molar-refractivity contribution in [3.8, 4) is 0 Å². The molecule has 4 heteroatoms. The van der Waals surface area contributed by atoms with Crippen LogP contribution in [-0.4, -0.2) is 15.5 Å². The monoisotopic (exact) mass is 237 g/mol. The van der Waals surface area contributed by atoms with E-state index in [-0.39, 0.29) is 5.54 Å². The van der Waals surface area contributed by atoms with E-state index in [2.05, 4.69) is 31.1 Å². The molecule has 0 aliphatic heterocycles. The molecule has 0 aromatic carbocycles. The summed E-state index contributed by atoms with van der Waals surface area (Å²) in [5.74, 6) is 0. The van der Waals surface area contributed by atoms with Crippen LogP contribution in [0.25, 0.3) is 0 Å². The zero-order valence-electron chi connectivity index (χ0n) is 10.1. The third-order valence-electron chi connectivity index (χ3n) is 3.08. The molecule has 88 valence electrons. The van der Waals surface area contributed by atoms with Gasteiger partial charge in [-0.15, -0.1) is 0 Å². The lowest BCUT2D eigenvalue weighted by atomic mass is 9.95. The summed E-state index contributed by atoms with van der Waals surface area (Å²) in [5, 5.41) is 3.47. The second kappa shape index (κ2) is 5.25. The third kappa shape index (κ3) is 2.92. The van der Waals surface area contributed by atoms with Gasteiger partial charge in [0.1, 0.15) is 4.99 Å². The normalized spacial score (nSPS) is 11.2. The van der Waals surface area contributed by atoms with E-state index in [9.17, 15) is 0 Å². The molecule has 1 rings (SSSR count). The van der Waals surface area contributed by atoms with E-state index in [1.807, 2.05) is 6.07 Å². The van der Waals surface area contributed by atoms with Gasteiger partial charge in [-0.2, -0.15) is 0 Å². The number of aromatic nitrogens is 1. The van der Waals surface area contributed by atoms with Crippen molar-refractivity contribution in [2.45, 2.75) is 39.2 Å². The molecule has 3 nitrogen and oxygen atoms in total. The lowest BCUT2D eigenvalue weighted by Gasteiger charge is -2.30. The first kappa shape index (κ1) is 12.9. The highest BCUT2D eigenvalue weighted by Gasteiger charge is 2.20. The Hall–Kier alpha value is -1.16. The topological polar surface area (TPSA) is 50.9 Å². The average molecular weight is 237 g/mol. The standard InChI is InChI=1S/C12H19N3S/c1-4-12(3,5-2)15-10-8-14-7-6-9(10)11(13)16/h6-8,15H,4-5H2,1-3H3,(H2,13,16). The van der Waals surface area contributed by atoms with Crippen LogP contribution < -0.4 is 11.1 Å². The molecule has 0 unspecified atom stereocenters. The fourth-order valence-electron chi connectivity index (χ4n) is 1.46. The summed E-state index contributed by atoms with van der Waals surface area (Å²) in [6.45, 7) is 6.50. The van der Waals surface area contributed by atoms with Gasteiger partial charge in [-0.3, -0.25) is 4.98 Å². The highest BCUT2D eigenvalue weighted by Crippen LogP contribution is 2.23. The minimum Gasteiger partial charge on any atom is -0.389 e. The van der Waals surface area contributed by atoms with Crippen molar-refractivity contribution in [1.29, 1.82) is 0 Å². The summed E-state index contributed by atoms with van der Waals surface area (Å²) in [5.41, 5.74) is 7.52. The van der Waals surface area contributed by atoms with Crippen molar-refractivity contribution in [1.82, 2.24) is 4.98 Å². The number of nitrogens with zero attached hydrogens (tertiary/aromatic N) is 1. The molecule has 0 radical (unpaired) electrons. The summed E-state index contributed by atoms with van der Waals surface area (Å²) < 4.78 is 0. The second-order valence-electron chi connectivity index (χ2n) is 4.18. The van der Waals surface area contributed by atoms with Gasteiger partial charge in [0.25, 0.3) is 0 Å². The van der Waals surface area contributed by atoms with Crippen molar-refractivity contribution in [2.24, 2.45) is 5.73 Å². The predicted molar refractivity (Wildman–Crippen MR) is 72.7 cm³/mol. The van der Waals surface area contributed by atoms with Gasteiger partial charge >= 0.3 is 0 Å². The van der Waals surface area contributed by atoms with Crippen LogP contribution in [0.2, 0.25) is 0 Å². The van der Waals surface area contributed by atoms with Crippen LogP contribution in [0.4, 0.5) is 5.69 Å². The highest BCUT2D eigenvalue weighted by molar-refractivity contribution is 7.80. The Morgan fingerprint density at radius 2 is 2.12 bits per heavy atom. The lowest BCUT2D eigenvalue weighted by molar-refractivity contribution is 0.478. The number of hydrogen-bond acceptors (Lipinski definition) is 3. The Morgan fingerprint density at radius 1 is 1.50 bits per heavy atom. The number of rotatable bonds is 5. The lowest BCUT2D eigenvalue weighted by Crippen LogP contribution is -2.34. The minimum atomic E-state index is 0.0581. The molecule has 0 saturated carbocycles. The molecular weight excluding hydrogens is 218 g/mol. The maximum Gasteiger partial charge on any atom is 0.106 e. The molecule has 0 aliphatic carbocycles. The van der Waals surface area contributed by atoms with Crippen LogP contribution in [0, 0.1) is 0 Å². The second-order valence-corrected chi connectivity index (χ2v) is 4.62. The highest BCUT2D eigenvalue weighted by atomic mass is 32.1. The zero-order valence-corrected chi connectivity index (χ0v) is 10.9. The van der Waals surface area contributed by atoms with Crippen molar-refractivity contribution in [3.63, 3.8) is 0 Å². The first-order chi connectivity index (χ1) is 7.52. The number of thiocarbonyl (C=S) groups is 1. The Kier molecular flexibility index (Phi) is 4.24. The van der Waals surface area contributed by atoms with Crippen molar-refractivity contribution in [2.75, 3.05) is 5.32 Å². The molecule has 1 heterocycles. The molecule has 0 fully saturated rings. The molecule has 0 atom stereocenters. The largest absolute Gasteiger partial charge is 0.389 e. The van der Waals surface area contributed by atoms with E-state index in [1.165, 1.54) is 0 Å². The van der Waals surface area contributed by atoms with E-state index < -0.39 is 0 Å². The first-order valence-corrected chi connectivity index (χ1v) is 5.95. The number of pyridine rings is 1. The molecule has 0 saturated heterocycles. The number of nitrogens with one attached hydrogen (secondary N) is 1. The fourth-order valence-corrected chi connectivity index (χ4v) is 1.64. The van der Waals surface area contributed by atoms with Crippen LogP contribution in [0.1, 0.15) is 39.2 Å². The van der Waals surface area contributed by atoms with Crippen LogP contribution in [0.3, 0.4) is 0 Å². The number of nitrogens with two attached hydrogens (primary N) is 1. The maximum atomic E-state index is 5.68. The first-order valence-electron chi connectivity index (χ1n) is 5.54. The summed E-state index contributed by atoms with van der Waals surface area (Å²) >= 11 is 5.02.